The minimum Gasteiger partial charge on any atom is -0.493 e. The third-order valence-corrected chi connectivity index (χ3v) is 6.39. The number of ketones is 1. The monoisotopic (exact) mass is 459 g/mol. The standard InChI is InChI=1S/C26H29N5O3/c1-6-34-20-11-10-17(13-21(20)33-5)23-22-16(4)30-31(26-27-14(2)12-15(3)28-26)25(22)29-18-8-7-9-19(32)24(18)23/h10-13,23,29H,6-9H2,1-5H3. The second-order valence-corrected chi connectivity index (χ2v) is 8.78. The highest BCUT2D eigenvalue weighted by Gasteiger charge is 2.39. The molecule has 0 spiro atoms. The van der Waals surface area contributed by atoms with Gasteiger partial charge in [-0.3, -0.25) is 4.79 Å². The average molecular weight is 460 g/mol. The number of hydrogen-bond acceptors (Lipinski definition) is 7. The summed E-state index contributed by atoms with van der Waals surface area (Å²) in [6, 6.07) is 7.85. The smallest absolute Gasteiger partial charge is 0.252 e. The van der Waals surface area contributed by atoms with Gasteiger partial charge >= 0.3 is 0 Å². The summed E-state index contributed by atoms with van der Waals surface area (Å²) in [6.07, 6.45) is 2.18. The summed E-state index contributed by atoms with van der Waals surface area (Å²) in [5.41, 5.74) is 6.27. The molecule has 176 valence electrons. The van der Waals surface area contributed by atoms with E-state index in [0.717, 1.165) is 58.1 Å². The highest BCUT2D eigenvalue weighted by molar-refractivity contribution is 6.01. The molecule has 8 heteroatoms. The zero-order chi connectivity index (χ0) is 24.0. The van der Waals surface area contributed by atoms with Gasteiger partial charge in [0.25, 0.3) is 5.95 Å². The number of aromatic nitrogens is 4. The number of allylic oxidation sites excluding steroid dienone is 2. The minimum absolute atomic E-state index is 0.173. The molecule has 34 heavy (non-hydrogen) atoms. The van der Waals surface area contributed by atoms with Crippen molar-refractivity contribution in [1.29, 1.82) is 0 Å². The van der Waals surface area contributed by atoms with Crippen molar-refractivity contribution in [2.45, 2.75) is 52.9 Å². The zero-order valence-electron chi connectivity index (χ0n) is 20.2. The van der Waals surface area contributed by atoms with Crippen molar-refractivity contribution in [2.75, 3.05) is 19.0 Å². The van der Waals surface area contributed by atoms with E-state index in [1.54, 1.807) is 11.8 Å². The number of ether oxygens (including phenoxy) is 2. The Morgan fingerprint density at radius 1 is 1.09 bits per heavy atom. The van der Waals surface area contributed by atoms with Crippen LogP contribution in [-0.4, -0.2) is 39.2 Å². The van der Waals surface area contributed by atoms with E-state index in [9.17, 15) is 4.79 Å². The van der Waals surface area contributed by atoms with Gasteiger partial charge in [0, 0.05) is 40.6 Å². The molecule has 2 aliphatic rings. The van der Waals surface area contributed by atoms with Crippen molar-refractivity contribution in [3.05, 3.63) is 63.7 Å². The maximum absolute atomic E-state index is 13.2. The molecule has 3 aromatic rings. The second kappa shape index (κ2) is 8.59. The normalized spacial score (nSPS) is 17.2. The number of nitrogens with zero attached hydrogens (tertiary/aromatic N) is 4. The summed E-state index contributed by atoms with van der Waals surface area (Å²) < 4.78 is 13.1. The lowest BCUT2D eigenvalue weighted by Gasteiger charge is -2.33. The van der Waals surface area contributed by atoms with Gasteiger partial charge in [-0.25, -0.2) is 9.97 Å². The number of nitrogens with one attached hydrogen (secondary N) is 1. The van der Waals surface area contributed by atoms with Gasteiger partial charge in [-0.2, -0.15) is 9.78 Å². The van der Waals surface area contributed by atoms with Crippen LogP contribution in [0.3, 0.4) is 0 Å². The third kappa shape index (κ3) is 3.63. The Kier molecular flexibility index (Phi) is 5.59. The molecule has 5 rings (SSSR count). The van der Waals surface area contributed by atoms with Gasteiger partial charge in [-0.05, 0) is 64.3 Å². The Bertz CT molecular complexity index is 1300. The number of hydrogen-bond donors (Lipinski definition) is 1. The van der Waals surface area contributed by atoms with Gasteiger partial charge in [0.05, 0.1) is 19.4 Å². The van der Waals surface area contributed by atoms with E-state index in [1.165, 1.54) is 0 Å². The third-order valence-electron chi connectivity index (χ3n) is 6.39. The Balaban J connectivity index is 1.73. The van der Waals surface area contributed by atoms with Crippen molar-refractivity contribution in [1.82, 2.24) is 19.7 Å². The molecular weight excluding hydrogens is 430 g/mol. The first kappa shape index (κ1) is 22.1. The van der Waals surface area contributed by atoms with Crippen LogP contribution in [-0.2, 0) is 4.79 Å². The van der Waals surface area contributed by atoms with Crippen LogP contribution in [0.15, 0.2) is 35.5 Å². The average Bonchev–Trinajstić information content (AvgIpc) is 3.14. The zero-order valence-corrected chi connectivity index (χ0v) is 20.2. The molecule has 1 aromatic carbocycles. The summed E-state index contributed by atoms with van der Waals surface area (Å²) in [7, 11) is 1.63. The summed E-state index contributed by atoms with van der Waals surface area (Å²) >= 11 is 0. The lowest BCUT2D eigenvalue weighted by molar-refractivity contribution is -0.116. The Morgan fingerprint density at radius 2 is 1.85 bits per heavy atom. The quantitative estimate of drug-likeness (QED) is 0.598. The lowest BCUT2D eigenvalue weighted by atomic mass is 9.76. The molecule has 1 aliphatic carbocycles. The van der Waals surface area contributed by atoms with Crippen LogP contribution in [0.4, 0.5) is 5.82 Å². The molecule has 3 heterocycles. The minimum atomic E-state index is -0.261. The van der Waals surface area contributed by atoms with E-state index in [-0.39, 0.29) is 11.7 Å². The fraction of sp³-hybridized carbons (Fsp3) is 0.385. The van der Waals surface area contributed by atoms with Crippen molar-refractivity contribution in [2.24, 2.45) is 0 Å². The number of carbonyl (C=O) groups excluding carboxylic acids is 1. The van der Waals surface area contributed by atoms with E-state index in [4.69, 9.17) is 14.6 Å². The summed E-state index contributed by atoms with van der Waals surface area (Å²) in [5.74, 6) is 2.57. The van der Waals surface area contributed by atoms with Crippen LogP contribution in [0, 0.1) is 20.8 Å². The molecule has 1 atom stereocenters. The highest BCUT2D eigenvalue weighted by atomic mass is 16.5. The van der Waals surface area contributed by atoms with Crippen LogP contribution in [0.2, 0.25) is 0 Å². The van der Waals surface area contributed by atoms with Gasteiger partial charge in [-0.15, -0.1) is 0 Å². The van der Waals surface area contributed by atoms with Crippen LogP contribution >= 0.6 is 0 Å². The van der Waals surface area contributed by atoms with Crippen LogP contribution < -0.4 is 14.8 Å². The fourth-order valence-electron chi connectivity index (χ4n) is 5.04. The number of methoxy groups -OCH3 is 1. The predicted molar refractivity (Wildman–Crippen MR) is 129 cm³/mol. The van der Waals surface area contributed by atoms with Crippen LogP contribution in [0.25, 0.3) is 5.95 Å². The second-order valence-electron chi connectivity index (χ2n) is 8.78. The molecule has 1 aliphatic heterocycles. The van der Waals surface area contributed by atoms with E-state index >= 15 is 0 Å². The number of benzene rings is 1. The van der Waals surface area contributed by atoms with Crippen molar-refractivity contribution >= 4 is 11.6 Å². The van der Waals surface area contributed by atoms with E-state index in [2.05, 4.69) is 15.3 Å². The summed E-state index contributed by atoms with van der Waals surface area (Å²) in [6.45, 7) is 8.35. The highest BCUT2D eigenvalue weighted by Crippen LogP contribution is 2.48. The molecule has 0 saturated carbocycles. The number of carbonyl (C=O) groups is 1. The van der Waals surface area contributed by atoms with Gasteiger partial charge in [0.1, 0.15) is 5.82 Å². The van der Waals surface area contributed by atoms with E-state index in [1.807, 2.05) is 52.0 Å². The Hall–Kier alpha value is -3.68. The largest absolute Gasteiger partial charge is 0.493 e. The number of anilines is 1. The summed E-state index contributed by atoms with van der Waals surface area (Å²) in [5, 5.41) is 8.37. The van der Waals surface area contributed by atoms with Crippen LogP contribution in [0.5, 0.6) is 11.5 Å². The Labute approximate surface area is 199 Å². The molecule has 0 amide bonds. The topological polar surface area (TPSA) is 91.2 Å². The molecule has 0 bridgehead atoms. The number of fused-ring (bicyclic) bond motifs is 1. The molecular formula is C26H29N5O3. The molecule has 0 saturated heterocycles. The molecule has 2 aromatic heterocycles. The molecule has 1 N–H and O–H groups in total. The predicted octanol–water partition coefficient (Wildman–Crippen LogP) is 4.56. The Morgan fingerprint density at radius 3 is 2.56 bits per heavy atom. The number of Topliss-reactive ketones (excluding diaryl/α,β-unsaturated/α-hetero) is 1. The first-order chi connectivity index (χ1) is 16.4. The first-order valence-electron chi connectivity index (χ1n) is 11.7. The molecule has 1 unspecified atom stereocenters. The van der Waals surface area contributed by atoms with Crippen LogP contribution in [0.1, 0.15) is 60.3 Å². The van der Waals surface area contributed by atoms with Gasteiger partial charge in [0.15, 0.2) is 17.3 Å². The summed E-state index contributed by atoms with van der Waals surface area (Å²) in [4.78, 5) is 22.5. The lowest BCUT2D eigenvalue weighted by Crippen LogP contribution is -2.27. The molecule has 0 radical (unpaired) electrons. The van der Waals surface area contributed by atoms with Gasteiger partial charge in [-0.1, -0.05) is 6.07 Å². The van der Waals surface area contributed by atoms with E-state index in [0.29, 0.717) is 30.5 Å². The SMILES string of the molecule is CCOc1ccc(C2C3=C(CCCC3=O)Nc3c2c(C)nn3-c2nc(C)cc(C)n2)cc1OC. The maximum atomic E-state index is 13.2. The van der Waals surface area contributed by atoms with Crippen molar-refractivity contribution in [3.63, 3.8) is 0 Å². The fourth-order valence-corrected chi connectivity index (χ4v) is 5.04. The maximum Gasteiger partial charge on any atom is 0.252 e. The molecule has 0 fully saturated rings. The number of aryl methyl sites for hydroxylation is 3. The van der Waals surface area contributed by atoms with Crippen molar-refractivity contribution < 1.29 is 14.3 Å². The van der Waals surface area contributed by atoms with Gasteiger partial charge < -0.3 is 14.8 Å². The molecule has 8 nitrogen and oxygen atoms in total. The van der Waals surface area contributed by atoms with Gasteiger partial charge in [0.2, 0.25) is 0 Å². The van der Waals surface area contributed by atoms with Crippen molar-refractivity contribution in [3.8, 4) is 17.4 Å². The first-order valence-corrected chi connectivity index (χ1v) is 11.7. The van der Waals surface area contributed by atoms with E-state index < -0.39 is 0 Å². The number of rotatable bonds is 5.